The third kappa shape index (κ3) is 3.94. The van der Waals surface area contributed by atoms with Gasteiger partial charge in [-0.25, -0.2) is 4.98 Å². The second-order valence-electron chi connectivity index (χ2n) is 3.07. The van der Waals surface area contributed by atoms with Crippen LogP contribution in [0.5, 0.6) is 0 Å². The molecular formula is C9H11Cl2N3O2. The van der Waals surface area contributed by atoms with Gasteiger partial charge in [-0.2, -0.15) is 0 Å². The highest BCUT2D eigenvalue weighted by atomic mass is 35.5. The topological polar surface area (TPSA) is 91.2 Å². The first-order valence-electron chi connectivity index (χ1n) is 4.47. The molecule has 5 nitrogen and oxygen atoms in total. The van der Waals surface area contributed by atoms with Crippen LogP contribution >= 0.6 is 23.2 Å². The van der Waals surface area contributed by atoms with Gasteiger partial charge in [-0.3, -0.25) is 4.79 Å². The molecule has 0 bridgehead atoms. The van der Waals surface area contributed by atoms with E-state index in [9.17, 15) is 4.79 Å². The molecule has 1 heterocycles. The SMILES string of the molecule is NC[C@H](N)C(=O)OCc1cc(Cl)nc(Cl)c1. The van der Waals surface area contributed by atoms with Gasteiger partial charge in [-0.05, 0) is 17.7 Å². The van der Waals surface area contributed by atoms with Gasteiger partial charge in [-0.15, -0.1) is 0 Å². The van der Waals surface area contributed by atoms with E-state index in [1.54, 1.807) is 12.1 Å². The van der Waals surface area contributed by atoms with Crippen molar-refractivity contribution in [2.24, 2.45) is 11.5 Å². The van der Waals surface area contributed by atoms with Crippen molar-refractivity contribution < 1.29 is 9.53 Å². The van der Waals surface area contributed by atoms with Crippen LogP contribution in [0, 0.1) is 0 Å². The van der Waals surface area contributed by atoms with Crippen molar-refractivity contribution in [3.05, 3.63) is 28.0 Å². The summed E-state index contributed by atoms with van der Waals surface area (Å²) in [6.45, 7) is 0.0746. The van der Waals surface area contributed by atoms with Crippen molar-refractivity contribution in [3.8, 4) is 0 Å². The van der Waals surface area contributed by atoms with Crippen molar-refractivity contribution in [3.63, 3.8) is 0 Å². The molecule has 0 radical (unpaired) electrons. The molecule has 1 rings (SSSR count). The first kappa shape index (κ1) is 13.2. The second kappa shape index (κ2) is 6.00. The van der Waals surface area contributed by atoms with Gasteiger partial charge in [0.25, 0.3) is 0 Å². The quantitative estimate of drug-likeness (QED) is 0.617. The van der Waals surface area contributed by atoms with Gasteiger partial charge in [0.05, 0.1) is 0 Å². The molecule has 16 heavy (non-hydrogen) atoms. The number of halogens is 2. The summed E-state index contributed by atoms with van der Waals surface area (Å²) < 4.78 is 4.90. The van der Waals surface area contributed by atoms with Crippen LogP contribution in [0.1, 0.15) is 5.56 Å². The number of carbonyl (C=O) groups excluding carboxylic acids is 1. The van der Waals surface area contributed by atoms with Crippen LogP contribution in [0.25, 0.3) is 0 Å². The number of pyridine rings is 1. The molecule has 0 unspecified atom stereocenters. The Balaban J connectivity index is 2.58. The summed E-state index contributed by atoms with van der Waals surface area (Å²) in [7, 11) is 0. The Hall–Kier alpha value is -0.880. The van der Waals surface area contributed by atoms with E-state index in [0.717, 1.165) is 0 Å². The highest BCUT2D eigenvalue weighted by Gasteiger charge is 2.13. The van der Waals surface area contributed by atoms with E-state index in [0.29, 0.717) is 5.56 Å². The third-order valence-corrected chi connectivity index (χ3v) is 2.15. The number of nitrogens with zero attached hydrogens (tertiary/aromatic N) is 1. The summed E-state index contributed by atoms with van der Waals surface area (Å²) in [5, 5.41) is 0.475. The van der Waals surface area contributed by atoms with Crippen LogP contribution < -0.4 is 11.5 Å². The smallest absolute Gasteiger partial charge is 0.324 e. The van der Waals surface area contributed by atoms with E-state index in [1.807, 2.05) is 0 Å². The van der Waals surface area contributed by atoms with E-state index < -0.39 is 12.0 Å². The number of hydrogen-bond acceptors (Lipinski definition) is 5. The number of aromatic nitrogens is 1. The van der Waals surface area contributed by atoms with Gasteiger partial charge in [0.2, 0.25) is 0 Å². The van der Waals surface area contributed by atoms with Crippen molar-refractivity contribution in [2.45, 2.75) is 12.6 Å². The van der Waals surface area contributed by atoms with Crippen molar-refractivity contribution in [1.29, 1.82) is 0 Å². The molecule has 0 saturated heterocycles. The first-order valence-corrected chi connectivity index (χ1v) is 5.22. The minimum absolute atomic E-state index is 0.0362. The minimum Gasteiger partial charge on any atom is -0.460 e. The first-order chi connectivity index (χ1) is 7.52. The normalized spacial score (nSPS) is 12.2. The number of esters is 1. The Bertz CT molecular complexity index is 367. The molecule has 0 spiro atoms. The average Bonchev–Trinajstić information content (AvgIpc) is 2.23. The van der Waals surface area contributed by atoms with Crippen LogP contribution in [0.4, 0.5) is 0 Å². The fourth-order valence-electron chi connectivity index (χ4n) is 0.955. The van der Waals surface area contributed by atoms with Gasteiger partial charge in [-0.1, -0.05) is 23.2 Å². The monoisotopic (exact) mass is 263 g/mol. The lowest BCUT2D eigenvalue weighted by Gasteiger charge is -2.09. The second-order valence-corrected chi connectivity index (χ2v) is 3.85. The van der Waals surface area contributed by atoms with Gasteiger partial charge in [0.1, 0.15) is 23.0 Å². The Morgan fingerprint density at radius 3 is 2.50 bits per heavy atom. The molecule has 0 amide bonds. The summed E-state index contributed by atoms with van der Waals surface area (Å²) in [5.41, 5.74) is 11.2. The summed E-state index contributed by atoms with van der Waals surface area (Å²) in [5.74, 6) is -0.563. The zero-order chi connectivity index (χ0) is 12.1. The molecule has 1 aromatic heterocycles. The fraction of sp³-hybridized carbons (Fsp3) is 0.333. The van der Waals surface area contributed by atoms with Crippen molar-refractivity contribution >= 4 is 29.2 Å². The lowest BCUT2D eigenvalue weighted by molar-refractivity contribution is -0.146. The molecular weight excluding hydrogens is 253 g/mol. The van der Waals surface area contributed by atoms with Gasteiger partial charge in [0.15, 0.2) is 0 Å². The highest BCUT2D eigenvalue weighted by Crippen LogP contribution is 2.15. The molecule has 0 fully saturated rings. The molecule has 4 N–H and O–H groups in total. The van der Waals surface area contributed by atoms with Crippen LogP contribution in [0.2, 0.25) is 10.3 Å². The maximum Gasteiger partial charge on any atom is 0.324 e. The van der Waals surface area contributed by atoms with Crippen LogP contribution in [0.3, 0.4) is 0 Å². The maximum atomic E-state index is 11.2. The fourth-order valence-corrected chi connectivity index (χ4v) is 1.46. The summed E-state index contributed by atoms with van der Waals surface area (Å²) >= 11 is 11.3. The zero-order valence-corrected chi connectivity index (χ0v) is 9.83. The Morgan fingerprint density at radius 1 is 1.44 bits per heavy atom. The van der Waals surface area contributed by atoms with Crippen molar-refractivity contribution in [1.82, 2.24) is 4.98 Å². The Kier molecular flexibility index (Phi) is 4.95. The molecule has 0 aromatic carbocycles. The molecule has 0 aliphatic heterocycles. The Morgan fingerprint density at radius 2 is 2.00 bits per heavy atom. The average molecular weight is 264 g/mol. The third-order valence-electron chi connectivity index (χ3n) is 1.76. The number of hydrogen-bond donors (Lipinski definition) is 2. The summed E-state index contributed by atoms with van der Waals surface area (Å²) in [6, 6.07) is 2.29. The van der Waals surface area contributed by atoms with E-state index in [-0.39, 0.29) is 23.5 Å². The van der Waals surface area contributed by atoms with E-state index in [2.05, 4.69) is 4.98 Å². The van der Waals surface area contributed by atoms with Crippen LogP contribution in [0.15, 0.2) is 12.1 Å². The molecule has 7 heteroatoms. The lowest BCUT2D eigenvalue weighted by atomic mass is 10.3. The molecule has 0 aliphatic carbocycles. The number of nitrogens with two attached hydrogens (primary N) is 2. The maximum absolute atomic E-state index is 11.2. The molecule has 0 aliphatic rings. The van der Waals surface area contributed by atoms with Gasteiger partial charge < -0.3 is 16.2 Å². The number of ether oxygens (including phenoxy) is 1. The van der Waals surface area contributed by atoms with Gasteiger partial charge in [0, 0.05) is 6.54 Å². The minimum atomic E-state index is -0.812. The van der Waals surface area contributed by atoms with Gasteiger partial charge >= 0.3 is 5.97 Å². The summed E-state index contributed by atoms with van der Waals surface area (Å²) in [6.07, 6.45) is 0. The molecule has 0 saturated carbocycles. The highest BCUT2D eigenvalue weighted by molar-refractivity contribution is 6.32. The standard InChI is InChI=1S/C9H11Cl2N3O2/c10-7-1-5(2-8(11)14-7)4-16-9(15)6(13)3-12/h1-2,6H,3-4,12-13H2/t6-/m0/s1. The largest absolute Gasteiger partial charge is 0.460 e. The van der Waals surface area contributed by atoms with E-state index in [1.165, 1.54) is 0 Å². The van der Waals surface area contributed by atoms with Crippen molar-refractivity contribution in [2.75, 3.05) is 6.54 Å². The predicted octanol–water partition coefficient (Wildman–Crippen LogP) is 0.718. The number of rotatable bonds is 4. The Labute approximate surface area is 103 Å². The molecule has 1 aromatic rings. The predicted molar refractivity (Wildman–Crippen MR) is 61.1 cm³/mol. The molecule has 88 valence electrons. The van der Waals surface area contributed by atoms with Crippen LogP contribution in [-0.2, 0) is 16.1 Å². The summed E-state index contributed by atoms with van der Waals surface area (Å²) in [4.78, 5) is 15.0. The van der Waals surface area contributed by atoms with E-state index >= 15 is 0 Å². The molecule has 1 atom stereocenters. The van der Waals surface area contributed by atoms with E-state index in [4.69, 9.17) is 39.4 Å². The zero-order valence-electron chi connectivity index (χ0n) is 8.32. The lowest BCUT2D eigenvalue weighted by Crippen LogP contribution is -2.38. The van der Waals surface area contributed by atoms with Crippen LogP contribution in [-0.4, -0.2) is 23.5 Å². The number of carbonyl (C=O) groups is 1.